The van der Waals surface area contributed by atoms with Crippen molar-refractivity contribution in [2.75, 3.05) is 7.11 Å². The van der Waals surface area contributed by atoms with E-state index in [1.807, 2.05) is 6.07 Å². The van der Waals surface area contributed by atoms with Gasteiger partial charge in [-0.1, -0.05) is 18.9 Å². The Hall–Kier alpha value is -0.540. The molecule has 2 aliphatic rings. The van der Waals surface area contributed by atoms with E-state index in [-0.39, 0.29) is 6.10 Å². The molecule has 0 aliphatic heterocycles. The lowest BCUT2D eigenvalue weighted by Crippen LogP contribution is -2.15. The summed E-state index contributed by atoms with van der Waals surface area (Å²) < 4.78 is 6.20. The summed E-state index contributed by atoms with van der Waals surface area (Å²) in [6.07, 6.45) is 5.97. The summed E-state index contributed by atoms with van der Waals surface area (Å²) in [6, 6.07) is 6.08. The largest absolute Gasteiger partial charge is 0.496 e. The number of aliphatic hydroxyl groups excluding tert-OH is 1. The molecule has 0 spiro atoms. The van der Waals surface area contributed by atoms with Crippen LogP contribution in [0.2, 0.25) is 0 Å². The van der Waals surface area contributed by atoms with Crippen LogP contribution in [-0.2, 0) is 6.42 Å². The highest BCUT2D eigenvalue weighted by atomic mass is 79.9. The molecule has 0 amide bonds. The van der Waals surface area contributed by atoms with E-state index < -0.39 is 0 Å². The zero-order valence-corrected chi connectivity index (χ0v) is 12.9. The Kier molecular flexibility index (Phi) is 3.86. The molecule has 1 aromatic rings. The second kappa shape index (κ2) is 5.45. The Balaban J connectivity index is 1.63. The third-order valence-corrected chi connectivity index (χ3v) is 5.45. The van der Waals surface area contributed by atoms with Crippen LogP contribution in [0.3, 0.4) is 0 Å². The molecule has 1 N–H and O–H groups in total. The van der Waals surface area contributed by atoms with Gasteiger partial charge in [-0.3, -0.25) is 0 Å². The predicted molar refractivity (Wildman–Crippen MR) is 79.3 cm³/mol. The smallest absolute Gasteiger partial charge is 0.133 e. The van der Waals surface area contributed by atoms with Crippen molar-refractivity contribution in [3.8, 4) is 5.75 Å². The molecule has 19 heavy (non-hydrogen) atoms. The van der Waals surface area contributed by atoms with E-state index in [0.29, 0.717) is 5.92 Å². The third-order valence-electron chi connectivity index (χ3n) is 4.83. The van der Waals surface area contributed by atoms with Gasteiger partial charge in [0.2, 0.25) is 0 Å². The molecule has 2 aliphatic carbocycles. The second-order valence-corrected chi connectivity index (χ2v) is 6.78. The minimum absolute atomic E-state index is 0.173. The second-order valence-electron chi connectivity index (χ2n) is 5.93. The minimum Gasteiger partial charge on any atom is -0.496 e. The number of methoxy groups -OCH3 is 1. The van der Waals surface area contributed by atoms with Crippen molar-refractivity contribution in [3.63, 3.8) is 0 Å². The Morgan fingerprint density at radius 2 is 2.00 bits per heavy atom. The highest BCUT2D eigenvalue weighted by Gasteiger charge is 2.53. The maximum absolute atomic E-state index is 10.4. The average molecular weight is 325 g/mol. The van der Waals surface area contributed by atoms with Crippen LogP contribution in [0.25, 0.3) is 0 Å². The summed E-state index contributed by atoms with van der Waals surface area (Å²) in [5.74, 6) is 3.03. The lowest BCUT2D eigenvalue weighted by Gasteiger charge is -2.12. The van der Waals surface area contributed by atoms with Gasteiger partial charge in [0.15, 0.2) is 0 Å². The van der Waals surface area contributed by atoms with E-state index in [1.165, 1.54) is 31.2 Å². The average Bonchev–Trinajstić information content (AvgIpc) is 3.13. The van der Waals surface area contributed by atoms with Crippen molar-refractivity contribution >= 4 is 15.9 Å². The van der Waals surface area contributed by atoms with E-state index in [2.05, 4.69) is 28.1 Å². The Morgan fingerprint density at radius 3 is 2.58 bits per heavy atom. The molecule has 3 rings (SSSR count). The van der Waals surface area contributed by atoms with Crippen LogP contribution in [0, 0.1) is 17.8 Å². The maximum Gasteiger partial charge on any atom is 0.133 e. The Bertz CT molecular complexity index is 448. The van der Waals surface area contributed by atoms with Gasteiger partial charge in [0.1, 0.15) is 5.75 Å². The molecular formula is C16H21BrO2. The molecule has 2 nitrogen and oxygen atoms in total. The van der Waals surface area contributed by atoms with Gasteiger partial charge in [0.25, 0.3) is 0 Å². The predicted octanol–water partition coefficient (Wildman–Crippen LogP) is 3.80. The van der Waals surface area contributed by atoms with E-state index in [9.17, 15) is 5.11 Å². The van der Waals surface area contributed by atoms with Crippen molar-refractivity contribution in [2.24, 2.45) is 17.8 Å². The van der Waals surface area contributed by atoms with E-state index in [4.69, 9.17) is 4.74 Å². The highest BCUT2D eigenvalue weighted by Crippen LogP contribution is 2.57. The number of rotatable bonds is 4. The summed E-state index contributed by atoms with van der Waals surface area (Å²) in [4.78, 5) is 0. The molecule has 3 heteroatoms. The molecule has 0 saturated heterocycles. The lowest BCUT2D eigenvalue weighted by atomic mass is 10.0. The number of ether oxygens (including phenoxy) is 1. The van der Waals surface area contributed by atoms with Crippen molar-refractivity contribution < 1.29 is 9.84 Å². The molecule has 3 unspecified atom stereocenters. The first-order valence-corrected chi connectivity index (χ1v) is 8.00. The fourth-order valence-electron chi connectivity index (χ4n) is 3.83. The lowest BCUT2D eigenvalue weighted by molar-refractivity contribution is 0.140. The van der Waals surface area contributed by atoms with E-state index >= 15 is 0 Å². The Labute approximate surface area is 123 Å². The first-order valence-electron chi connectivity index (χ1n) is 7.21. The fourth-order valence-corrected chi connectivity index (χ4v) is 4.42. The molecule has 1 aromatic carbocycles. The Morgan fingerprint density at radius 1 is 1.32 bits per heavy atom. The molecule has 2 saturated carbocycles. The van der Waals surface area contributed by atoms with Crippen LogP contribution in [0.1, 0.15) is 31.2 Å². The summed E-state index contributed by atoms with van der Waals surface area (Å²) in [6.45, 7) is 0. The summed E-state index contributed by atoms with van der Waals surface area (Å²) in [5.41, 5.74) is 1.18. The third kappa shape index (κ3) is 2.68. The minimum atomic E-state index is -0.173. The van der Waals surface area contributed by atoms with E-state index in [0.717, 1.165) is 28.5 Å². The van der Waals surface area contributed by atoms with Crippen molar-refractivity contribution in [3.05, 3.63) is 28.2 Å². The fraction of sp³-hybridized carbons (Fsp3) is 0.625. The van der Waals surface area contributed by atoms with Crippen LogP contribution in [0.5, 0.6) is 5.75 Å². The summed E-state index contributed by atoms with van der Waals surface area (Å²) in [5, 5.41) is 10.4. The van der Waals surface area contributed by atoms with Crippen LogP contribution in [0.15, 0.2) is 22.7 Å². The van der Waals surface area contributed by atoms with Gasteiger partial charge in [-0.05, 0) is 70.6 Å². The maximum atomic E-state index is 10.4. The molecular weight excluding hydrogens is 304 g/mol. The SMILES string of the molecule is COc1ccc(CC(O)C2C3CCCCC32)cc1Br. The van der Waals surface area contributed by atoms with Gasteiger partial charge in [-0.25, -0.2) is 0 Å². The monoisotopic (exact) mass is 324 g/mol. The molecule has 0 aromatic heterocycles. The molecule has 104 valence electrons. The molecule has 2 fully saturated rings. The van der Waals surface area contributed by atoms with Gasteiger partial charge in [0.05, 0.1) is 17.7 Å². The molecule has 0 heterocycles. The number of halogens is 1. The zero-order chi connectivity index (χ0) is 13.4. The normalized spacial score (nSPS) is 30.6. The van der Waals surface area contributed by atoms with E-state index in [1.54, 1.807) is 7.11 Å². The zero-order valence-electron chi connectivity index (χ0n) is 11.3. The highest BCUT2D eigenvalue weighted by molar-refractivity contribution is 9.10. The number of fused-ring (bicyclic) bond motifs is 1. The van der Waals surface area contributed by atoms with Crippen LogP contribution in [-0.4, -0.2) is 18.3 Å². The topological polar surface area (TPSA) is 29.5 Å². The first-order chi connectivity index (χ1) is 9.20. The van der Waals surface area contributed by atoms with Crippen molar-refractivity contribution in [1.29, 1.82) is 0 Å². The summed E-state index contributed by atoms with van der Waals surface area (Å²) in [7, 11) is 1.67. The van der Waals surface area contributed by atoms with Gasteiger partial charge in [-0.15, -0.1) is 0 Å². The molecule has 3 atom stereocenters. The van der Waals surface area contributed by atoms with Crippen molar-refractivity contribution in [2.45, 2.75) is 38.2 Å². The van der Waals surface area contributed by atoms with Crippen LogP contribution >= 0.6 is 15.9 Å². The van der Waals surface area contributed by atoms with Gasteiger partial charge in [0, 0.05) is 0 Å². The molecule has 0 bridgehead atoms. The van der Waals surface area contributed by atoms with Gasteiger partial charge < -0.3 is 9.84 Å². The number of hydrogen-bond donors (Lipinski definition) is 1. The first kappa shape index (κ1) is 13.4. The number of aliphatic hydroxyl groups is 1. The van der Waals surface area contributed by atoms with Crippen LogP contribution in [0.4, 0.5) is 0 Å². The quantitative estimate of drug-likeness (QED) is 0.912. The summed E-state index contributed by atoms with van der Waals surface area (Å²) >= 11 is 3.50. The molecule has 0 radical (unpaired) electrons. The van der Waals surface area contributed by atoms with Gasteiger partial charge >= 0.3 is 0 Å². The van der Waals surface area contributed by atoms with Crippen LogP contribution < -0.4 is 4.74 Å². The number of benzene rings is 1. The van der Waals surface area contributed by atoms with Gasteiger partial charge in [-0.2, -0.15) is 0 Å². The standard InChI is InChI=1S/C16H21BrO2/c1-19-15-7-6-10(8-13(15)17)9-14(18)16-11-4-2-3-5-12(11)16/h6-8,11-12,14,16,18H,2-5,9H2,1H3. The number of hydrogen-bond acceptors (Lipinski definition) is 2. The van der Waals surface area contributed by atoms with Crippen molar-refractivity contribution in [1.82, 2.24) is 0 Å².